The van der Waals surface area contributed by atoms with Crippen LogP contribution in [0.5, 0.6) is 5.75 Å². The number of halogens is 1. The molecule has 1 aromatic heterocycles. The lowest BCUT2D eigenvalue weighted by Gasteiger charge is -2.17. The number of amides is 2. The molecule has 0 aliphatic carbocycles. The Hall–Kier alpha value is -3.84. The van der Waals surface area contributed by atoms with Gasteiger partial charge in [0, 0.05) is 10.6 Å². The number of nitrogens with zero attached hydrogens (tertiary/aromatic N) is 2. The number of aromatic nitrogens is 2. The summed E-state index contributed by atoms with van der Waals surface area (Å²) in [5, 5.41) is 14.7. The van der Waals surface area contributed by atoms with E-state index in [0.29, 0.717) is 29.0 Å². The van der Waals surface area contributed by atoms with Crippen LogP contribution in [0.3, 0.4) is 0 Å². The standard InChI is InChI=1S/C24H21ClN4O3/c1-2-31-20-11-7-6-10-19(20)26-24(30)27-21(16-8-4-3-5-9-16)23-29-28-22(32-23)17-12-14-18(25)15-13-17/h3-15,21H,2H2,1H3,(H2,26,27,30)/t21-/m0/s1. The van der Waals surface area contributed by atoms with E-state index >= 15 is 0 Å². The summed E-state index contributed by atoms with van der Waals surface area (Å²) in [6.07, 6.45) is 0. The number of ether oxygens (including phenoxy) is 1. The Morgan fingerprint density at radius 3 is 2.47 bits per heavy atom. The second-order valence-electron chi connectivity index (χ2n) is 6.82. The minimum Gasteiger partial charge on any atom is -0.492 e. The van der Waals surface area contributed by atoms with Crippen molar-refractivity contribution < 1.29 is 13.9 Å². The number of anilines is 1. The summed E-state index contributed by atoms with van der Waals surface area (Å²) >= 11 is 5.96. The Balaban J connectivity index is 1.59. The van der Waals surface area contributed by atoms with Gasteiger partial charge in [-0.2, -0.15) is 0 Å². The summed E-state index contributed by atoms with van der Waals surface area (Å²) in [4.78, 5) is 12.9. The number of urea groups is 1. The molecule has 0 bridgehead atoms. The van der Waals surface area contributed by atoms with E-state index in [0.717, 1.165) is 11.1 Å². The van der Waals surface area contributed by atoms with Crippen LogP contribution in [0.4, 0.5) is 10.5 Å². The Bertz CT molecular complexity index is 1180. The molecule has 2 N–H and O–H groups in total. The summed E-state index contributed by atoms with van der Waals surface area (Å²) in [6.45, 7) is 2.37. The van der Waals surface area contributed by atoms with Crippen LogP contribution in [0, 0.1) is 0 Å². The molecule has 0 spiro atoms. The topological polar surface area (TPSA) is 89.3 Å². The van der Waals surface area contributed by atoms with E-state index < -0.39 is 12.1 Å². The molecule has 4 rings (SSSR count). The van der Waals surface area contributed by atoms with Crippen molar-refractivity contribution >= 4 is 23.3 Å². The van der Waals surface area contributed by atoms with E-state index in [9.17, 15) is 4.79 Å². The van der Waals surface area contributed by atoms with Crippen molar-refractivity contribution in [2.75, 3.05) is 11.9 Å². The van der Waals surface area contributed by atoms with Gasteiger partial charge in [0.25, 0.3) is 0 Å². The number of benzene rings is 3. The maximum absolute atomic E-state index is 12.9. The zero-order valence-electron chi connectivity index (χ0n) is 17.3. The van der Waals surface area contributed by atoms with Crippen molar-refractivity contribution in [3.05, 3.63) is 95.3 Å². The van der Waals surface area contributed by atoms with Crippen molar-refractivity contribution in [2.24, 2.45) is 0 Å². The first-order valence-corrected chi connectivity index (χ1v) is 10.5. The van der Waals surface area contributed by atoms with Gasteiger partial charge in [0.05, 0.1) is 12.3 Å². The highest BCUT2D eigenvalue weighted by Crippen LogP contribution is 2.27. The minimum absolute atomic E-state index is 0.259. The van der Waals surface area contributed by atoms with Crippen molar-refractivity contribution in [1.29, 1.82) is 0 Å². The number of carbonyl (C=O) groups is 1. The number of nitrogens with one attached hydrogen (secondary N) is 2. The summed E-state index contributed by atoms with van der Waals surface area (Å²) in [5.41, 5.74) is 2.09. The first kappa shape index (κ1) is 21.4. The Morgan fingerprint density at radius 1 is 1.00 bits per heavy atom. The van der Waals surface area contributed by atoms with Gasteiger partial charge < -0.3 is 19.8 Å². The molecule has 8 heteroatoms. The number of hydrogen-bond acceptors (Lipinski definition) is 5. The molecule has 0 fully saturated rings. The fourth-order valence-electron chi connectivity index (χ4n) is 3.13. The van der Waals surface area contributed by atoms with E-state index in [1.807, 2.05) is 49.4 Å². The Labute approximate surface area is 190 Å². The molecule has 162 valence electrons. The van der Waals surface area contributed by atoms with Crippen LogP contribution in [-0.2, 0) is 0 Å². The van der Waals surface area contributed by atoms with Gasteiger partial charge in [-0.25, -0.2) is 4.79 Å². The number of hydrogen-bond donors (Lipinski definition) is 2. The van der Waals surface area contributed by atoms with Gasteiger partial charge in [-0.05, 0) is 48.9 Å². The van der Waals surface area contributed by atoms with Crippen LogP contribution >= 0.6 is 11.6 Å². The zero-order valence-corrected chi connectivity index (χ0v) is 18.0. The second-order valence-corrected chi connectivity index (χ2v) is 7.26. The molecular formula is C24H21ClN4O3. The molecular weight excluding hydrogens is 428 g/mol. The lowest BCUT2D eigenvalue weighted by molar-refractivity contribution is 0.248. The van der Waals surface area contributed by atoms with E-state index in [2.05, 4.69) is 20.8 Å². The summed E-state index contributed by atoms with van der Waals surface area (Å²) in [5.74, 6) is 1.18. The predicted octanol–water partition coefficient (Wildman–Crippen LogP) is 5.70. The molecule has 2 amide bonds. The van der Waals surface area contributed by atoms with E-state index in [1.165, 1.54) is 0 Å². The molecule has 1 atom stereocenters. The third kappa shape index (κ3) is 5.07. The van der Waals surface area contributed by atoms with Crippen LogP contribution in [0.15, 0.2) is 83.3 Å². The van der Waals surface area contributed by atoms with Crippen LogP contribution in [0.1, 0.15) is 24.4 Å². The van der Waals surface area contributed by atoms with Gasteiger partial charge in [0.2, 0.25) is 11.8 Å². The maximum atomic E-state index is 12.9. The molecule has 32 heavy (non-hydrogen) atoms. The monoisotopic (exact) mass is 448 g/mol. The number of para-hydroxylation sites is 2. The average molecular weight is 449 g/mol. The normalized spacial score (nSPS) is 11.6. The highest BCUT2D eigenvalue weighted by molar-refractivity contribution is 6.30. The van der Waals surface area contributed by atoms with E-state index in [-0.39, 0.29) is 5.89 Å². The summed E-state index contributed by atoms with van der Waals surface area (Å²) in [7, 11) is 0. The summed E-state index contributed by atoms with van der Waals surface area (Å²) in [6, 6.07) is 22.6. The molecule has 0 aliphatic rings. The number of carbonyl (C=O) groups excluding carboxylic acids is 1. The van der Waals surface area contributed by atoms with Gasteiger partial charge in [-0.3, -0.25) is 0 Å². The van der Waals surface area contributed by atoms with Gasteiger partial charge in [-0.1, -0.05) is 54.1 Å². The van der Waals surface area contributed by atoms with Gasteiger partial charge >= 0.3 is 6.03 Å². The van der Waals surface area contributed by atoms with E-state index in [1.54, 1.807) is 36.4 Å². The third-order valence-corrected chi connectivity index (χ3v) is 4.87. The van der Waals surface area contributed by atoms with Crippen LogP contribution in [-0.4, -0.2) is 22.8 Å². The molecule has 0 saturated heterocycles. The maximum Gasteiger partial charge on any atom is 0.320 e. The molecule has 3 aromatic carbocycles. The third-order valence-electron chi connectivity index (χ3n) is 4.62. The quantitative estimate of drug-likeness (QED) is 0.378. The van der Waals surface area contributed by atoms with Gasteiger partial charge in [0.15, 0.2) is 0 Å². The molecule has 4 aromatic rings. The van der Waals surface area contributed by atoms with Crippen LogP contribution in [0.25, 0.3) is 11.5 Å². The van der Waals surface area contributed by atoms with Gasteiger partial charge in [-0.15, -0.1) is 10.2 Å². The average Bonchev–Trinajstić information content (AvgIpc) is 3.30. The lowest BCUT2D eigenvalue weighted by Crippen LogP contribution is -2.33. The van der Waals surface area contributed by atoms with Crippen molar-refractivity contribution in [3.8, 4) is 17.2 Å². The fourth-order valence-corrected chi connectivity index (χ4v) is 3.26. The summed E-state index contributed by atoms with van der Waals surface area (Å²) < 4.78 is 11.5. The fraction of sp³-hybridized carbons (Fsp3) is 0.125. The molecule has 0 aliphatic heterocycles. The second kappa shape index (κ2) is 9.98. The highest BCUT2D eigenvalue weighted by atomic mass is 35.5. The lowest BCUT2D eigenvalue weighted by atomic mass is 10.1. The smallest absolute Gasteiger partial charge is 0.320 e. The largest absolute Gasteiger partial charge is 0.492 e. The Kier molecular flexibility index (Phi) is 6.67. The van der Waals surface area contributed by atoms with E-state index in [4.69, 9.17) is 20.8 Å². The Morgan fingerprint density at radius 2 is 1.72 bits per heavy atom. The molecule has 0 unspecified atom stereocenters. The molecule has 7 nitrogen and oxygen atoms in total. The minimum atomic E-state index is -0.649. The number of rotatable bonds is 7. The highest BCUT2D eigenvalue weighted by Gasteiger charge is 2.24. The van der Waals surface area contributed by atoms with Crippen LogP contribution in [0.2, 0.25) is 5.02 Å². The first-order valence-electron chi connectivity index (χ1n) is 10.1. The predicted molar refractivity (Wildman–Crippen MR) is 123 cm³/mol. The zero-order chi connectivity index (χ0) is 22.3. The molecule has 0 saturated carbocycles. The van der Waals surface area contributed by atoms with Crippen molar-refractivity contribution in [2.45, 2.75) is 13.0 Å². The van der Waals surface area contributed by atoms with Gasteiger partial charge in [0.1, 0.15) is 11.8 Å². The van der Waals surface area contributed by atoms with Crippen LogP contribution < -0.4 is 15.4 Å². The van der Waals surface area contributed by atoms with Crippen molar-refractivity contribution in [3.63, 3.8) is 0 Å². The molecule has 0 radical (unpaired) electrons. The molecule has 1 heterocycles. The SMILES string of the molecule is CCOc1ccccc1NC(=O)N[C@@H](c1ccccc1)c1nnc(-c2ccc(Cl)cc2)o1. The first-order chi connectivity index (χ1) is 15.6. The van der Waals surface area contributed by atoms with Crippen molar-refractivity contribution in [1.82, 2.24) is 15.5 Å².